The lowest BCUT2D eigenvalue weighted by Gasteiger charge is -2.43. The van der Waals surface area contributed by atoms with Crippen LogP contribution in [0.1, 0.15) is 28.2 Å². The molecule has 1 spiro atoms. The molecule has 3 aliphatic rings. The zero-order valence-corrected chi connectivity index (χ0v) is 23.4. The summed E-state index contributed by atoms with van der Waals surface area (Å²) >= 11 is 0. The number of para-hydroxylation sites is 3. The third-order valence-corrected chi connectivity index (χ3v) is 10.1. The molecule has 2 atom stereocenters. The molecule has 2 nitrogen and oxygen atoms in total. The molecular formula is C41H27NO. The largest absolute Gasteiger partial charge is 0.457 e. The van der Waals surface area contributed by atoms with Crippen LogP contribution in [0.25, 0.3) is 39.5 Å². The summed E-state index contributed by atoms with van der Waals surface area (Å²) in [5.74, 6) is 2.31. The minimum absolute atomic E-state index is 0.173. The van der Waals surface area contributed by atoms with Gasteiger partial charge in [-0.25, -0.2) is 0 Å². The van der Waals surface area contributed by atoms with Crippen molar-refractivity contribution in [2.75, 3.05) is 0 Å². The predicted octanol–water partition coefficient (Wildman–Crippen LogP) is 8.21. The lowest BCUT2D eigenvalue weighted by molar-refractivity contribution is 0.386. The average Bonchev–Trinajstić information content (AvgIpc) is 3.54. The molecule has 0 saturated carbocycles. The smallest absolute Gasteiger partial charge is 0.131 e. The summed E-state index contributed by atoms with van der Waals surface area (Å²) in [7, 11) is 0. The van der Waals surface area contributed by atoms with Crippen molar-refractivity contribution in [3.05, 3.63) is 172 Å². The van der Waals surface area contributed by atoms with E-state index in [1.807, 2.05) is 0 Å². The third-order valence-electron chi connectivity index (χ3n) is 10.1. The van der Waals surface area contributed by atoms with Gasteiger partial charge in [0.05, 0.1) is 16.3 Å². The van der Waals surface area contributed by atoms with Crippen LogP contribution >= 0.6 is 0 Å². The monoisotopic (exact) mass is 549 g/mol. The summed E-state index contributed by atoms with van der Waals surface area (Å²) in [5.41, 5.74) is 7.34. The highest BCUT2D eigenvalue weighted by Crippen LogP contribution is 2.64. The molecule has 0 N–H and O–H groups in total. The van der Waals surface area contributed by atoms with E-state index in [0.717, 1.165) is 11.5 Å². The van der Waals surface area contributed by atoms with E-state index in [2.05, 4.69) is 156 Å². The van der Waals surface area contributed by atoms with Gasteiger partial charge in [-0.2, -0.15) is 0 Å². The van der Waals surface area contributed by atoms with E-state index in [1.165, 1.54) is 60.2 Å². The number of hydrogen-bond donors (Lipinski definition) is 0. The van der Waals surface area contributed by atoms with Crippen LogP contribution in [0.4, 0.5) is 0 Å². The second kappa shape index (κ2) is 8.36. The molecule has 2 unspecified atom stereocenters. The molecule has 2 heterocycles. The zero-order valence-electron chi connectivity index (χ0n) is 23.4. The van der Waals surface area contributed by atoms with E-state index in [4.69, 9.17) is 4.74 Å². The topological polar surface area (TPSA) is 14.2 Å². The van der Waals surface area contributed by atoms with E-state index in [0.29, 0.717) is 0 Å². The van der Waals surface area contributed by atoms with Crippen LogP contribution in [0.2, 0.25) is 0 Å². The molecule has 7 aromatic rings. The maximum Gasteiger partial charge on any atom is 0.131 e. The van der Waals surface area contributed by atoms with Gasteiger partial charge < -0.3 is 9.30 Å². The summed E-state index contributed by atoms with van der Waals surface area (Å²) in [6.45, 7) is 0. The lowest BCUT2D eigenvalue weighted by Crippen LogP contribution is -2.42. The van der Waals surface area contributed by atoms with Gasteiger partial charge in [-0.3, -0.25) is 0 Å². The van der Waals surface area contributed by atoms with Crippen molar-refractivity contribution in [2.45, 2.75) is 11.3 Å². The fourth-order valence-corrected chi connectivity index (χ4v) is 8.45. The average molecular weight is 550 g/mol. The quantitative estimate of drug-likeness (QED) is 0.201. The molecule has 202 valence electrons. The molecule has 43 heavy (non-hydrogen) atoms. The van der Waals surface area contributed by atoms with Gasteiger partial charge in [0.15, 0.2) is 0 Å². The minimum atomic E-state index is -0.369. The zero-order chi connectivity index (χ0) is 28.1. The molecule has 0 fully saturated rings. The van der Waals surface area contributed by atoms with Crippen molar-refractivity contribution < 1.29 is 4.74 Å². The summed E-state index contributed by atoms with van der Waals surface area (Å²) in [4.78, 5) is 0. The molecule has 1 aromatic heterocycles. The Bertz CT molecular complexity index is 2370. The van der Waals surface area contributed by atoms with Gasteiger partial charge in [-0.1, -0.05) is 121 Å². The number of nitrogens with zero attached hydrogens (tertiary/aromatic N) is 1. The highest BCUT2D eigenvalue weighted by atomic mass is 16.5. The Kier molecular flexibility index (Phi) is 4.52. The Morgan fingerprint density at radius 3 is 2.02 bits per heavy atom. The fraction of sp³-hybridized carbons (Fsp3) is 0.0732. The molecule has 0 saturated heterocycles. The van der Waals surface area contributed by atoms with Crippen LogP contribution in [-0.4, -0.2) is 4.57 Å². The Labute approximate surface area is 249 Å². The molecule has 0 amide bonds. The molecule has 1 aliphatic heterocycles. The fourth-order valence-electron chi connectivity index (χ4n) is 8.45. The Hall–Kier alpha value is -5.34. The molecule has 6 aromatic carbocycles. The number of fused-ring (bicyclic) bond motifs is 13. The van der Waals surface area contributed by atoms with Crippen molar-refractivity contribution >= 4 is 33.8 Å². The van der Waals surface area contributed by atoms with Gasteiger partial charge in [0.1, 0.15) is 11.5 Å². The maximum atomic E-state index is 6.58. The number of benzene rings is 6. The molecule has 10 rings (SSSR count). The number of hydrogen-bond acceptors (Lipinski definition) is 1. The molecule has 0 bridgehead atoms. The van der Waals surface area contributed by atoms with Gasteiger partial charge in [0.25, 0.3) is 0 Å². The van der Waals surface area contributed by atoms with Crippen molar-refractivity contribution in [3.63, 3.8) is 0 Å². The van der Waals surface area contributed by atoms with Crippen LogP contribution in [0.5, 0.6) is 11.5 Å². The van der Waals surface area contributed by atoms with Crippen LogP contribution in [0.15, 0.2) is 140 Å². The van der Waals surface area contributed by atoms with Crippen molar-refractivity contribution in [1.29, 1.82) is 0 Å². The summed E-state index contributed by atoms with van der Waals surface area (Å²) < 4.78 is 9.06. The van der Waals surface area contributed by atoms with Crippen LogP contribution in [-0.2, 0) is 5.41 Å². The highest BCUT2D eigenvalue weighted by molar-refractivity contribution is 5.89. The Morgan fingerprint density at radius 2 is 1.21 bits per heavy atom. The second-order valence-electron chi connectivity index (χ2n) is 12.1. The SMILES string of the molecule is C1=c2c(n(-c3ccc4ccccc4c3)c3ccccc23)=CC2C1c1ccccc1C21c2ccccc2Oc2ccccc21. The van der Waals surface area contributed by atoms with Gasteiger partial charge in [-0.15, -0.1) is 0 Å². The third kappa shape index (κ3) is 2.93. The maximum absolute atomic E-state index is 6.58. The van der Waals surface area contributed by atoms with E-state index < -0.39 is 0 Å². The van der Waals surface area contributed by atoms with Crippen molar-refractivity contribution in [1.82, 2.24) is 4.57 Å². The summed E-state index contributed by atoms with van der Waals surface area (Å²) in [6, 6.07) is 50.8. The molecule has 2 aliphatic carbocycles. The van der Waals surface area contributed by atoms with E-state index in [-0.39, 0.29) is 17.3 Å². The van der Waals surface area contributed by atoms with E-state index in [9.17, 15) is 0 Å². The first-order valence-corrected chi connectivity index (χ1v) is 15.1. The first-order chi connectivity index (χ1) is 21.3. The molecular weight excluding hydrogens is 522 g/mol. The first kappa shape index (κ1) is 23.2. The van der Waals surface area contributed by atoms with Crippen LogP contribution < -0.4 is 15.3 Å². The van der Waals surface area contributed by atoms with Gasteiger partial charge in [0.2, 0.25) is 0 Å². The number of rotatable bonds is 1. The van der Waals surface area contributed by atoms with Crippen LogP contribution in [0, 0.1) is 5.92 Å². The van der Waals surface area contributed by atoms with Crippen molar-refractivity contribution in [2.24, 2.45) is 5.92 Å². The van der Waals surface area contributed by atoms with E-state index >= 15 is 0 Å². The normalized spacial score (nSPS) is 18.5. The van der Waals surface area contributed by atoms with Crippen LogP contribution in [0.3, 0.4) is 0 Å². The van der Waals surface area contributed by atoms with Gasteiger partial charge >= 0.3 is 0 Å². The second-order valence-corrected chi connectivity index (χ2v) is 12.1. The standard InChI is InChI=1S/C41H27NO/c1-2-12-27-23-28(22-21-26(27)11-1)42-37-18-8-4-14-30(37)32-24-31-29-13-3-5-15-33(29)41(36(31)25-38(32)42)34-16-6-9-19-39(34)43-40-20-10-7-17-35(40)41/h1-25,31,36H. The number of aromatic nitrogens is 1. The Morgan fingerprint density at radius 1 is 0.558 bits per heavy atom. The molecule has 0 radical (unpaired) electrons. The first-order valence-electron chi connectivity index (χ1n) is 15.1. The van der Waals surface area contributed by atoms with E-state index in [1.54, 1.807) is 0 Å². The Balaban J connectivity index is 1.35. The summed E-state index contributed by atoms with van der Waals surface area (Å²) in [6.07, 6.45) is 5.15. The highest BCUT2D eigenvalue weighted by Gasteiger charge is 2.56. The van der Waals surface area contributed by atoms with Gasteiger partial charge in [0, 0.05) is 39.3 Å². The lowest BCUT2D eigenvalue weighted by atomic mass is 9.62. The van der Waals surface area contributed by atoms with Crippen molar-refractivity contribution in [3.8, 4) is 17.2 Å². The number of ether oxygens (including phenoxy) is 1. The van der Waals surface area contributed by atoms with Gasteiger partial charge in [-0.05, 0) is 52.2 Å². The predicted molar refractivity (Wildman–Crippen MR) is 174 cm³/mol. The molecule has 2 heteroatoms. The minimum Gasteiger partial charge on any atom is -0.457 e. The summed E-state index contributed by atoms with van der Waals surface area (Å²) in [5, 5.41) is 6.40.